The number of alkyl halides is 3. The minimum absolute atomic E-state index is 0.0145. The predicted molar refractivity (Wildman–Crippen MR) is 98.8 cm³/mol. The summed E-state index contributed by atoms with van der Waals surface area (Å²) in [6, 6.07) is 11.1. The Morgan fingerprint density at radius 1 is 1.03 bits per heavy atom. The lowest BCUT2D eigenvalue weighted by atomic mass is 10.2. The van der Waals surface area contributed by atoms with Crippen LogP contribution in [0.25, 0.3) is 0 Å². The van der Waals surface area contributed by atoms with Gasteiger partial charge in [-0.1, -0.05) is 24.3 Å². The number of amides is 1. The zero-order chi connectivity index (χ0) is 21.0. The van der Waals surface area contributed by atoms with Crippen molar-refractivity contribution in [2.75, 3.05) is 37.7 Å². The van der Waals surface area contributed by atoms with Gasteiger partial charge in [-0.3, -0.25) is 14.9 Å². The van der Waals surface area contributed by atoms with E-state index < -0.39 is 34.9 Å². The molecule has 1 saturated heterocycles. The van der Waals surface area contributed by atoms with Crippen LogP contribution in [0.4, 0.5) is 24.5 Å². The van der Waals surface area contributed by atoms with Crippen molar-refractivity contribution in [2.45, 2.75) is 6.18 Å². The fourth-order valence-electron chi connectivity index (χ4n) is 3.14. The Labute approximate surface area is 164 Å². The maximum Gasteiger partial charge on any atom is 0.419 e. The maximum atomic E-state index is 13.0. The molecule has 0 bridgehead atoms. The average Bonchev–Trinajstić information content (AvgIpc) is 2.71. The average molecular weight is 409 g/mol. The molecule has 0 N–H and O–H groups in total. The fourth-order valence-corrected chi connectivity index (χ4v) is 3.14. The highest BCUT2D eigenvalue weighted by Crippen LogP contribution is 2.36. The summed E-state index contributed by atoms with van der Waals surface area (Å²) >= 11 is 0. The predicted octanol–water partition coefficient (Wildman–Crippen LogP) is 3.34. The number of hydrogen-bond donors (Lipinski definition) is 0. The molecule has 0 radical (unpaired) electrons. The first kappa shape index (κ1) is 20.4. The Bertz CT molecular complexity index is 896. The van der Waals surface area contributed by atoms with E-state index in [1.54, 1.807) is 18.2 Å². The van der Waals surface area contributed by atoms with Crippen molar-refractivity contribution < 1.29 is 27.6 Å². The first-order chi connectivity index (χ1) is 13.8. The Kier molecular flexibility index (Phi) is 5.90. The molecule has 0 unspecified atom stereocenters. The van der Waals surface area contributed by atoms with E-state index in [0.717, 1.165) is 6.07 Å². The number of nitro benzene ring substituents is 1. The molecule has 0 atom stereocenters. The van der Waals surface area contributed by atoms with E-state index in [-0.39, 0.29) is 18.8 Å². The van der Waals surface area contributed by atoms with Crippen molar-refractivity contribution in [2.24, 2.45) is 0 Å². The van der Waals surface area contributed by atoms with Gasteiger partial charge in [0, 0.05) is 32.2 Å². The van der Waals surface area contributed by atoms with Crippen molar-refractivity contribution in [3.63, 3.8) is 0 Å². The van der Waals surface area contributed by atoms with Crippen molar-refractivity contribution in [3.05, 3.63) is 64.2 Å². The lowest BCUT2D eigenvalue weighted by molar-refractivity contribution is -0.384. The van der Waals surface area contributed by atoms with Gasteiger partial charge in [0.1, 0.15) is 11.4 Å². The summed E-state index contributed by atoms with van der Waals surface area (Å²) in [5, 5.41) is 11.2. The van der Waals surface area contributed by atoms with Crippen LogP contribution in [-0.2, 0) is 11.0 Å². The van der Waals surface area contributed by atoms with E-state index in [2.05, 4.69) is 0 Å². The van der Waals surface area contributed by atoms with Gasteiger partial charge in [-0.2, -0.15) is 13.2 Å². The van der Waals surface area contributed by atoms with E-state index in [1.807, 2.05) is 4.90 Å². The minimum Gasteiger partial charge on any atom is -0.483 e. The molecular formula is C19H18F3N3O4. The molecule has 0 aliphatic carbocycles. The third-order valence-corrected chi connectivity index (χ3v) is 4.60. The largest absolute Gasteiger partial charge is 0.483 e. The van der Waals surface area contributed by atoms with Gasteiger partial charge in [0.05, 0.1) is 10.5 Å². The molecule has 0 spiro atoms. The summed E-state index contributed by atoms with van der Waals surface area (Å²) in [6.45, 7) is 0.800. The molecule has 2 aromatic rings. The Balaban J connectivity index is 1.59. The number of ether oxygens (including phenoxy) is 1. The molecule has 3 rings (SSSR count). The third kappa shape index (κ3) is 4.76. The third-order valence-electron chi connectivity index (χ3n) is 4.60. The van der Waals surface area contributed by atoms with Gasteiger partial charge >= 0.3 is 6.18 Å². The van der Waals surface area contributed by atoms with Crippen LogP contribution >= 0.6 is 0 Å². The van der Waals surface area contributed by atoms with E-state index in [9.17, 15) is 28.1 Å². The lowest BCUT2D eigenvalue weighted by Crippen LogP contribution is -2.50. The Morgan fingerprint density at radius 2 is 1.66 bits per heavy atom. The number of benzene rings is 2. The number of nitro groups is 1. The fraction of sp³-hybridized carbons (Fsp3) is 0.316. The van der Waals surface area contributed by atoms with Crippen LogP contribution in [0.3, 0.4) is 0 Å². The number of halogens is 3. The van der Waals surface area contributed by atoms with Crippen LogP contribution in [0, 0.1) is 10.1 Å². The van der Waals surface area contributed by atoms with Crippen LogP contribution in [0.15, 0.2) is 48.5 Å². The molecular weight excluding hydrogens is 391 g/mol. The highest BCUT2D eigenvalue weighted by molar-refractivity contribution is 5.78. The van der Waals surface area contributed by atoms with Crippen molar-refractivity contribution in [1.82, 2.24) is 4.90 Å². The quantitative estimate of drug-likeness (QED) is 0.559. The van der Waals surface area contributed by atoms with E-state index in [0.29, 0.717) is 18.8 Å². The van der Waals surface area contributed by atoms with E-state index in [4.69, 9.17) is 4.74 Å². The van der Waals surface area contributed by atoms with Crippen molar-refractivity contribution in [1.29, 1.82) is 0 Å². The van der Waals surface area contributed by atoms with Crippen molar-refractivity contribution >= 4 is 17.3 Å². The van der Waals surface area contributed by atoms with Gasteiger partial charge in [-0.05, 0) is 18.2 Å². The minimum atomic E-state index is -4.57. The number of nitrogens with zero attached hydrogens (tertiary/aromatic N) is 3. The monoisotopic (exact) mass is 409 g/mol. The number of piperazine rings is 1. The number of rotatable bonds is 5. The summed E-state index contributed by atoms with van der Waals surface area (Å²) < 4.78 is 44.1. The van der Waals surface area contributed by atoms with Gasteiger partial charge in [0.2, 0.25) is 0 Å². The first-order valence-corrected chi connectivity index (χ1v) is 8.82. The van der Waals surface area contributed by atoms with Gasteiger partial charge in [-0.15, -0.1) is 0 Å². The van der Waals surface area contributed by atoms with Crippen LogP contribution in [-0.4, -0.2) is 48.5 Å². The molecule has 2 aromatic carbocycles. The molecule has 1 aliphatic heterocycles. The van der Waals surface area contributed by atoms with E-state index >= 15 is 0 Å². The maximum absolute atomic E-state index is 13.0. The van der Waals surface area contributed by atoms with Gasteiger partial charge in [0.15, 0.2) is 6.61 Å². The molecule has 154 valence electrons. The number of carbonyl (C=O) groups excluding carboxylic acids is 1. The van der Waals surface area contributed by atoms with Gasteiger partial charge in [0.25, 0.3) is 11.6 Å². The van der Waals surface area contributed by atoms with Gasteiger partial charge < -0.3 is 14.5 Å². The molecule has 7 nitrogen and oxygen atoms in total. The molecule has 1 heterocycles. The van der Waals surface area contributed by atoms with Crippen molar-refractivity contribution in [3.8, 4) is 5.75 Å². The topological polar surface area (TPSA) is 75.9 Å². The van der Waals surface area contributed by atoms with E-state index in [1.165, 1.54) is 29.2 Å². The summed E-state index contributed by atoms with van der Waals surface area (Å²) in [5.74, 6) is -0.837. The smallest absolute Gasteiger partial charge is 0.419 e. The molecule has 29 heavy (non-hydrogen) atoms. The number of hydrogen-bond acceptors (Lipinski definition) is 5. The molecule has 1 fully saturated rings. The number of anilines is 1. The normalized spacial score (nSPS) is 14.6. The highest BCUT2D eigenvalue weighted by atomic mass is 19.4. The Hall–Kier alpha value is -3.30. The molecule has 1 amide bonds. The number of carbonyl (C=O) groups is 1. The molecule has 0 saturated carbocycles. The van der Waals surface area contributed by atoms with Crippen LogP contribution in [0.2, 0.25) is 0 Å². The Morgan fingerprint density at radius 3 is 2.31 bits per heavy atom. The molecule has 0 aromatic heterocycles. The molecule has 1 aliphatic rings. The summed E-state index contributed by atoms with van der Waals surface area (Å²) in [5.41, 5.74) is -0.478. The zero-order valence-corrected chi connectivity index (χ0v) is 15.3. The lowest BCUT2D eigenvalue weighted by Gasteiger charge is -2.35. The first-order valence-electron chi connectivity index (χ1n) is 8.82. The zero-order valence-electron chi connectivity index (χ0n) is 15.3. The standard InChI is InChI=1S/C19H18F3N3O4/c20-19(21,22)14-5-1-4-8-17(14)29-13-18(26)24-11-9-23(10-12-24)15-6-2-3-7-16(15)25(27)28/h1-8H,9-13H2. The summed E-state index contributed by atoms with van der Waals surface area (Å²) in [4.78, 5) is 26.3. The number of para-hydroxylation sites is 3. The van der Waals surface area contributed by atoms with Gasteiger partial charge in [-0.25, -0.2) is 0 Å². The SMILES string of the molecule is O=C(COc1ccccc1C(F)(F)F)N1CCN(c2ccccc2[N+](=O)[O-])CC1. The second-order valence-corrected chi connectivity index (χ2v) is 6.40. The van der Waals surface area contributed by atoms with Crippen LogP contribution < -0.4 is 9.64 Å². The van der Waals surface area contributed by atoms with Crippen LogP contribution in [0.1, 0.15) is 5.56 Å². The highest BCUT2D eigenvalue weighted by Gasteiger charge is 2.34. The second-order valence-electron chi connectivity index (χ2n) is 6.40. The summed E-state index contributed by atoms with van der Waals surface area (Å²) in [6.07, 6.45) is -4.57. The molecule has 10 heteroatoms. The second kappa shape index (κ2) is 8.38. The summed E-state index contributed by atoms with van der Waals surface area (Å²) in [7, 11) is 0. The van der Waals surface area contributed by atoms with Crippen LogP contribution in [0.5, 0.6) is 5.75 Å².